The Labute approximate surface area is 75.0 Å². The molecular formula is C10H19NO. The van der Waals surface area contributed by atoms with Gasteiger partial charge in [-0.2, -0.15) is 0 Å². The third-order valence-electron chi connectivity index (χ3n) is 2.15. The van der Waals surface area contributed by atoms with Crippen molar-refractivity contribution >= 4 is 0 Å². The summed E-state index contributed by atoms with van der Waals surface area (Å²) in [6.45, 7) is 4.69. The SMILES string of the molecule is CCOCCNC1CC=CCC1. The molecule has 0 bridgehead atoms. The summed E-state index contributed by atoms with van der Waals surface area (Å²) < 4.78 is 5.24. The van der Waals surface area contributed by atoms with Gasteiger partial charge in [0.05, 0.1) is 6.61 Å². The molecule has 0 aromatic heterocycles. The molecule has 0 saturated carbocycles. The highest BCUT2D eigenvalue weighted by Crippen LogP contribution is 2.09. The Kier molecular flexibility index (Phi) is 5.04. The summed E-state index contributed by atoms with van der Waals surface area (Å²) in [6.07, 6.45) is 8.23. The van der Waals surface area contributed by atoms with Crippen molar-refractivity contribution in [1.29, 1.82) is 0 Å². The molecule has 1 aliphatic rings. The fourth-order valence-corrected chi connectivity index (χ4v) is 1.46. The average Bonchev–Trinajstić information content (AvgIpc) is 2.14. The number of rotatable bonds is 5. The first kappa shape index (κ1) is 9.75. The molecule has 0 fully saturated rings. The second-order valence-corrected chi connectivity index (χ2v) is 3.13. The van der Waals surface area contributed by atoms with Crippen LogP contribution in [0.15, 0.2) is 12.2 Å². The van der Waals surface area contributed by atoms with Gasteiger partial charge in [-0.1, -0.05) is 12.2 Å². The van der Waals surface area contributed by atoms with E-state index in [0.29, 0.717) is 6.04 Å². The van der Waals surface area contributed by atoms with Gasteiger partial charge in [0.25, 0.3) is 0 Å². The van der Waals surface area contributed by atoms with Gasteiger partial charge in [-0.15, -0.1) is 0 Å². The van der Waals surface area contributed by atoms with Gasteiger partial charge < -0.3 is 10.1 Å². The van der Waals surface area contributed by atoms with E-state index in [4.69, 9.17) is 4.74 Å². The van der Waals surface area contributed by atoms with Gasteiger partial charge in [0.15, 0.2) is 0 Å². The molecule has 1 atom stereocenters. The highest BCUT2D eigenvalue weighted by Gasteiger charge is 2.07. The first-order chi connectivity index (χ1) is 5.93. The average molecular weight is 169 g/mol. The number of allylic oxidation sites excluding steroid dienone is 1. The van der Waals surface area contributed by atoms with Crippen LogP contribution < -0.4 is 5.32 Å². The largest absolute Gasteiger partial charge is 0.380 e. The first-order valence-corrected chi connectivity index (χ1v) is 4.89. The Hall–Kier alpha value is -0.340. The lowest BCUT2D eigenvalue weighted by atomic mass is 10.0. The molecule has 1 rings (SSSR count). The molecule has 0 radical (unpaired) electrons. The predicted octanol–water partition coefficient (Wildman–Crippen LogP) is 1.72. The van der Waals surface area contributed by atoms with Crippen LogP contribution in [0, 0.1) is 0 Å². The highest BCUT2D eigenvalue weighted by molar-refractivity contribution is 4.92. The lowest BCUT2D eigenvalue weighted by molar-refractivity contribution is 0.146. The van der Waals surface area contributed by atoms with Crippen molar-refractivity contribution in [3.05, 3.63) is 12.2 Å². The van der Waals surface area contributed by atoms with Gasteiger partial charge in [0, 0.05) is 19.2 Å². The second kappa shape index (κ2) is 6.21. The molecule has 0 heterocycles. The zero-order valence-corrected chi connectivity index (χ0v) is 7.88. The number of hydrogen-bond acceptors (Lipinski definition) is 2. The summed E-state index contributed by atoms with van der Waals surface area (Å²) in [5.41, 5.74) is 0. The molecule has 1 unspecified atom stereocenters. The minimum Gasteiger partial charge on any atom is -0.380 e. The zero-order valence-electron chi connectivity index (χ0n) is 7.88. The van der Waals surface area contributed by atoms with Gasteiger partial charge >= 0.3 is 0 Å². The molecule has 0 aliphatic heterocycles. The molecule has 0 amide bonds. The number of ether oxygens (including phenoxy) is 1. The van der Waals surface area contributed by atoms with Crippen LogP contribution in [0.5, 0.6) is 0 Å². The number of nitrogens with one attached hydrogen (secondary N) is 1. The van der Waals surface area contributed by atoms with Crippen molar-refractivity contribution in [3.8, 4) is 0 Å². The van der Waals surface area contributed by atoms with Crippen LogP contribution in [0.25, 0.3) is 0 Å². The number of hydrogen-bond donors (Lipinski definition) is 1. The minimum absolute atomic E-state index is 0.690. The lowest BCUT2D eigenvalue weighted by Crippen LogP contribution is -2.32. The van der Waals surface area contributed by atoms with Crippen LogP contribution in [-0.2, 0) is 4.74 Å². The molecule has 0 saturated heterocycles. The maximum Gasteiger partial charge on any atom is 0.0590 e. The van der Waals surface area contributed by atoms with Crippen molar-refractivity contribution in [2.24, 2.45) is 0 Å². The summed E-state index contributed by atoms with van der Waals surface area (Å²) in [7, 11) is 0. The Morgan fingerprint density at radius 2 is 2.42 bits per heavy atom. The molecule has 1 N–H and O–H groups in total. The van der Waals surface area contributed by atoms with Crippen molar-refractivity contribution in [2.45, 2.75) is 32.2 Å². The Bertz CT molecular complexity index is 134. The van der Waals surface area contributed by atoms with Gasteiger partial charge in [-0.05, 0) is 26.2 Å². The van der Waals surface area contributed by atoms with E-state index in [2.05, 4.69) is 17.5 Å². The first-order valence-electron chi connectivity index (χ1n) is 4.89. The van der Waals surface area contributed by atoms with Crippen molar-refractivity contribution in [2.75, 3.05) is 19.8 Å². The van der Waals surface area contributed by atoms with E-state index in [1.54, 1.807) is 0 Å². The minimum atomic E-state index is 0.690. The lowest BCUT2D eigenvalue weighted by Gasteiger charge is -2.19. The molecule has 0 aromatic rings. The van der Waals surface area contributed by atoms with Crippen molar-refractivity contribution < 1.29 is 4.74 Å². The van der Waals surface area contributed by atoms with E-state index in [1.165, 1.54) is 19.3 Å². The van der Waals surface area contributed by atoms with E-state index < -0.39 is 0 Å². The van der Waals surface area contributed by atoms with Crippen LogP contribution >= 0.6 is 0 Å². The van der Waals surface area contributed by atoms with Crippen molar-refractivity contribution in [1.82, 2.24) is 5.32 Å². The van der Waals surface area contributed by atoms with Crippen LogP contribution in [-0.4, -0.2) is 25.8 Å². The third kappa shape index (κ3) is 3.88. The van der Waals surface area contributed by atoms with E-state index >= 15 is 0 Å². The van der Waals surface area contributed by atoms with E-state index in [0.717, 1.165) is 19.8 Å². The normalized spacial score (nSPS) is 22.9. The molecular weight excluding hydrogens is 150 g/mol. The van der Waals surface area contributed by atoms with Gasteiger partial charge in [0.1, 0.15) is 0 Å². The summed E-state index contributed by atoms with van der Waals surface area (Å²) in [6, 6.07) is 0.690. The van der Waals surface area contributed by atoms with Crippen molar-refractivity contribution in [3.63, 3.8) is 0 Å². The van der Waals surface area contributed by atoms with Gasteiger partial charge in [-0.3, -0.25) is 0 Å². The van der Waals surface area contributed by atoms with Crippen LogP contribution in [0.1, 0.15) is 26.2 Å². The summed E-state index contributed by atoms with van der Waals surface area (Å²) in [5, 5.41) is 3.48. The fourth-order valence-electron chi connectivity index (χ4n) is 1.46. The fraction of sp³-hybridized carbons (Fsp3) is 0.800. The van der Waals surface area contributed by atoms with Crippen LogP contribution in [0.3, 0.4) is 0 Å². The molecule has 70 valence electrons. The maximum atomic E-state index is 5.24. The van der Waals surface area contributed by atoms with E-state index in [-0.39, 0.29) is 0 Å². The Morgan fingerprint density at radius 3 is 3.08 bits per heavy atom. The van der Waals surface area contributed by atoms with Crippen LogP contribution in [0.2, 0.25) is 0 Å². The smallest absolute Gasteiger partial charge is 0.0590 e. The van der Waals surface area contributed by atoms with E-state index in [9.17, 15) is 0 Å². The molecule has 0 aromatic carbocycles. The molecule has 1 aliphatic carbocycles. The highest BCUT2D eigenvalue weighted by atomic mass is 16.5. The summed E-state index contributed by atoms with van der Waals surface area (Å²) >= 11 is 0. The Morgan fingerprint density at radius 1 is 1.50 bits per heavy atom. The quantitative estimate of drug-likeness (QED) is 0.500. The standard InChI is InChI=1S/C10H19NO/c1-2-12-9-8-11-10-6-4-3-5-7-10/h3-4,10-11H,2,5-9H2,1H3. The monoisotopic (exact) mass is 169 g/mol. The predicted molar refractivity (Wildman–Crippen MR) is 51.3 cm³/mol. The van der Waals surface area contributed by atoms with Gasteiger partial charge in [-0.25, -0.2) is 0 Å². The molecule has 2 heteroatoms. The second-order valence-electron chi connectivity index (χ2n) is 3.13. The molecule has 12 heavy (non-hydrogen) atoms. The maximum absolute atomic E-state index is 5.24. The third-order valence-corrected chi connectivity index (χ3v) is 2.15. The van der Waals surface area contributed by atoms with E-state index in [1.807, 2.05) is 6.92 Å². The summed E-state index contributed by atoms with van der Waals surface area (Å²) in [5.74, 6) is 0. The topological polar surface area (TPSA) is 21.3 Å². The summed E-state index contributed by atoms with van der Waals surface area (Å²) in [4.78, 5) is 0. The zero-order chi connectivity index (χ0) is 8.65. The van der Waals surface area contributed by atoms with Crippen LogP contribution in [0.4, 0.5) is 0 Å². The molecule has 2 nitrogen and oxygen atoms in total. The molecule has 0 spiro atoms. The van der Waals surface area contributed by atoms with Gasteiger partial charge in [0.2, 0.25) is 0 Å². The Balaban J connectivity index is 1.95.